The summed E-state index contributed by atoms with van der Waals surface area (Å²) in [6.45, 7) is 7.23. The summed E-state index contributed by atoms with van der Waals surface area (Å²) in [4.78, 5) is 6.73. The molecule has 0 bridgehead atoms. The van der Waals surface area contributed by atoms with Gasteiger partial charge in [-0.3, -0.25) is 0 Å². The van der Waals surface area contributed by atoms with Crippen molar-refractivity contribution >= 4 is 17.4 Å². The van der Waals surface area contributed by atoms with Crippen LogP contribution in [0, 0.1) is 0 Å². The normalized spacial score (nSPS) is 14.8. The molecule has 0 amide bonds. The zero-order valence-corrected chi connectivity index (χ0v) is 12.0. The first-order valence-corrected chi connectivity index (χ1v) is 7.25. The van der Waals surface area contributed by atoms with Gasteiger partial charge in [0, 0.05) is 31.9 Å². The first-order chi connectivity index (χ1) is 8.74. The van der Waals surface area contributed by atoms with Gasteiger partial charge in [-0.15, -0.1) is 0 Å². The predicted octanol–water partition coefficient (Wildman–Crippen LogP) is 3.22. The van der Waals surface area contributed by atoms with Crippen LogP contribution in [0.1, 0.15) is 38.7 Å². The number of hydrogen-bond donors (Lipinski definition) is 1. The summed E-state index contributed by atoms with van der Waals surface area (Å²) in [5, 5.41) is 4.26. The molecule has 0 aliphatic heterocycles. The number of rotatable bonds is 7. The van der Waals surface area contributed by atoms with Crippen LogP contribution < -0.4 is 10.2 Å². The summed E-state index contributed by atoms with van der Waals surface area (Å²) in [7, 11) is 0. The minimum Gasteiger partial charge on any atom is -0.357 e. The molecule has 0 atom stereocenters. The summed E-state index contributed by atoms with van der Waals surface area (Å²) < 4.78 is 0. The minimum atomic E-state index is 0.704. The molecule has 0 radical (unpaired) electrons. The molecule has 0 spiro atoms. The Morgan fingerprint density at radius 3 is 2.83 bits per heavy atom. The second kappa shape index (κ2) is 6.39. The van der Waals surface area contributed by atoms with Gasteiger partial charge in [-0.25, -0.2) is 4.98 Å². The van der Waals surface area contributed by atoms with Crippen molar-refractivity contribution in [3.8, 4) is 0 Å². The SMILES string of the molecule is CCCN(CC)c1cc(CNC2CC2)c(Cl)cn1. The number of hydrogen-bond acceptors (Lipinski definition) is 3. The van der Waals surface area contributed by atoms with E-state index in [4.69, 9.17) is 11.6 Å². The number of aromatic nitrogens is 1. The fraction of sp³-hybridized carbons (Fsp3) is 0.643. The van der Waals surface area contributed by atoms with E-state index in [9.17, 15) is 0 Å². The topological polar surface area (TPSA) is 28.2 Å². The van der Waals surface area contributed by atoms with E-state index in [2.05, 4.69) is 35.1 Å². The molecule has 4 heteroatoms. The molecule has 1 aromatic heterocycles. The minimum absolute atomic E-state index is 0.704. The first-order valence-electron chi connectivity index (χ1n) is 6.87. The van der Waals surface area contributed by atoms with Crippen LogP contribution in [0.15, 0.2) is 12.3 Å². The quantitative estimate of drug-likeness (QED) is 0.822. The van der Waals surface area contributed by atoms with Crippen LogP contribution >= 0.6 is 11.6 Å². The van der Waals surface area contributed by atoms with Crippen LogP contribution in [0.25, 0.3) is 0 Å². The van der Waals surface area contributed by atoms with Gasteiger partial charge in [0.05, 0.1) is 5.02 Å². The van der Waals surface area contributed by atoms with E-state index in [-0.39, 0.29) is 0 Å². The first kappa shape index (κ1) is 13.6. The van der Waals surface area contributed by atoms with Gasteiger partial charge in [-0.2, -0.15) is 0 Å². The molecule has 1 aliphatic carbocycles. The zero-order chi connectivity index (χ0) is 13.0. The third kappa shape index (κ3) is 3.59. The van der Waals surface area contributed by atoms with E-state index in [0.29, 0.717) is 6.04 Å². The van der Waals surface area contributed by atoms with Gasteiger partial charge in [0.2, 0.25) is 0 Å². The molecule has 1 saturated carbocycles. The van der Waals surface area contributed by atoms with E-state index in [0.717, 1.165) is 42.5 Å². The van der Waals surface area contributed by atoms with E-state index >= 15 is 0 Å². The van der Waals surface area contributed by atoms with E-state index < -0.39 is 0 Å². The number of anilines is 1. The fourth-order valence-electron chi connectivity index (χ4n) is 2.02. The van der Waals surface area contributed by atoms with Crippen molar-refractivity contribution in [1.29, 1.82) is 0 Å². The van der Waals surface area contributed by atoms with Crippen molar-refractivity contribution < 1.29 is 0 Å². The van der Waals surface area contributed by atoms with E-state index in [1.807, 2.05) is 0 Å². The average Bonchev–Trinajstić information content (AvgIpc) is 3.19. The fourth-order valence-corrected chi connectivity index (χ4v) is 2.19. The average molecular weight is 268 g/mol. The lowest BCUT2D eigenvalue weighted by atomic mass is 10.2. The van der Waals surface area contributed by atoms with Gasteiger partial charge in [0.1, 0.15) is 5.82 Å². The maximum absolute atomic E-state index is 6.20. The summed E-state index contributed by atoms with van der Waals surface area (Å²) in [6.07, 6.45) is 5.51. The lowest BCUT2D eigenvalue weighted by molar-refractivity contribution is 0.686. The lowest BCUT2D eigenvalue weighted by Crippen LogP contribution is -2.25. The molecule has 0 saturated heterocycles. The molecular weight excluding hydrogens is 246 g/mol. The van der Waals surface area contributed by atoms with Crippen molar-refractivity contribution in [1.82, 2.24) is 10.3 Å². The summed E-state index contributed by atoms with van der Waals surface area (Å²) in [5.74, 6) is 1.04. The van der Waals surface area contributed by atoms with Gasteiger partial charge in [-0.1, -0.05) is 18.5 Å². The molecular formula is C14H22ClN3. The van der Waals surface area contributed by atoms with Gasteiger partial charge < -0.3 is 10.2 Å². The number of nitrogens with zero attached hydrogens (tertiary/aromatic N) is 2. The van der Waals surface area contributed by atoms with Gasteiger partial charge in [-0.05, 0) is 37.8 Å². The Balaban J connectivity index is 2.07. The molecule has 1 fully saturated rings. The predicted molar refractivity (Wildman–Crippen MR) is 77.3 cm³/mol. The van der Waals surface area contributed by atoms with Gasteiger partial charge >= 0.3 is 0 Å². The third-order valence-electron chi connectivity index (χ3n) is 3.28. The Kier molecular flexibility index (Phi) is 4.84. The van der Waals surface area contributed by atoms with Crippen molar-refractivity contribution in [2.75, 3.05) is 18.0 Å². The second-order valence-electron chi connectivity index (χ2n) is 4.87. The molecule has 1 aliphatic rings. The summed E-state index contributed by atoms with van der Waals surface area (Å²) in [5.41, 5.74) is 1.16. The molecule has 1 N–H and O–H groups in total. The Labute approximate surface area is 115 Å². The Morgan fingerprint density at radius 1 is 1.44 bits per heavy atom. The highest BCUT2D eigenvalue weighted by molar-refractivity contribution is 6.31. The monoisotopic (exact) mass is 267 g/mol. The van der Waals surface area contributed by atoms with Gasteiger partial charge in [0.25, 0.3) is 0 Å². The Morgan fingerprint density at radius 2 is 2.22 bits per heavy atom. The number of halogens is 1. The number of nitrogens with one attached hydrogen (secondary N) is 1. The van der Waals surface area contributed by atoms with Crippen LogP contribution in [-0.2, 0) is 6.54 Å². The smallest absolute Gasteiger partial charge is 0.128 e. The van der Waals surface area contributed by atoms with Crippen molar-refractivity contribution in [3.05, 3.63) is 22.8 Å². The van der Waals surface area contributed by atoms with E-state index in [1.54, 1.807) is 6.20 Å². The van der Waals surface area contributed by atoms with Crippen molar-refractivity contribution in [2.45, 2.75) is 45.7 Å². The van der Waals surface area contributed by atoms with Crippen LogP contribution in [0.4, 0.5) is 5.82 Å². The van der Waals surface area contributed by atoms with Crippen LogP contribution in [-0.4, -0.2) is 24.1 Å². The third-order valence-corrected chi connectivity index (χ3v) is 3.62. The molecule has 1 aromatic rings. The highest BCUT2D eigenvalue weighted by Crippen LogP contribution is 2.23. The van der Waals surface area contributed by atoms with Crippen molar-refractivity contribution in [2.24, 2.45) is 0 Å². The molecule has 0 unspecified atom stereocenters. The van der Waals surface area contributed by atoms with Crippen LogP contribution in [0.5, 0.6) is 0 Å². The Hall–Kier alpha value is -0.800. The molecule has 3 nitrogen and oxygen atoms in total. The van der Waals surface area contributed by atoms with Crippen molar-refractivity contribution in [3.63, 3.8) is 0 Å². The molecule has 2 rings (SSSR count). The van der Waals surface area contributed by atoms with E-state index in [1.165, 1.54) is 12.8 Å². The maximum Gasteiger partial charge on any atom is 0.128 e. The highest BCUT2D eigenvalue weighted by atomic mass is 35.5. The zero-order valence-electron chi connectivity index (χ0n) is 11.2. The summed E-state index contributed by atoms with van der Waals surface area (Å²) >= 11 is 6.20. The largest absolute Gasteiger partial charge is 0.357 e. The van der Waals surface area contributed by atoms with Crippen LogP contribution in [0.3, 0.4) is 0 Å². The maximum atomic E-state index is 6.20. The van der Waals surface area contributed by atoms with Gasteiger partial charge in [0.15, 0.2) is 0 Å². The number of pyridine rings is 1. The van der Waals surface area contributed by atoms with Crippen LogP contribution in [0.2, 0.25) is 5.02 Å². The highest BCUT2D eigenvalue weighted by Gasteiger charge is 2.20. The molecule has 0 aromatic carbocycles. The molecule has 18 heavy (non-hydrogen) atoms. The molecule has 1 heterocycles. The standard InChI is InChI=1S/C14H22ClN3/c1-3-7-18(4-2)14-8-11(13(15)10-17-14)9-16-12-5-6-12/h8,10,12,16H,3-7,9H2,1-2H3. The molecule has 100 valence electrons. The summed E-state index contributed by atoms with van der Waals surface area (Å²) in [6, 6.07) is 2.83. The lowest BCUT2D eigenvalue weighted by Gasteiger charge is -2.22. The Bertz CT molecular complexity index is 391. The second-order valence-corrected chi connectivity index (χ2v) is 5.28.